The average molecular weight is 449 g/mol. The summed E-state index contributed by atoms with van der Waals surface area (Å²) in [5.41, 5.74) is 2.86. The van der Waals surface area contributed by atoms with E-state index in [-0.39, 0.29) is 5.91 Å². The number of anilines is 1. The van der Waals surface area contributed by atoms with Gasteiger partial charge in [-0.15, -0.1) is 23.1 Å². The summed E-state index contributed by atoms with van der Waals surface area (Å²) in [6, 6.07) is 15.4. The molecule has 0 aliphatic heterocycles. The molecule has 0 saturated carbocycles. The molecule has 2 aromatic carbocycles. The second kappa shape index (κ2) is 9.21. The Morgan fingerprint density at radius 2 is 1.92 bits per heavy atom. The van der Waals surface area contributed by atoms with Crippen LogP contribution in [0.5, 0.6) is 5.75 Å². The van der Waals surface area contributed by atoms with Crippen LogP contribution in [0, 0.1) is 0 Å². The van der Waals surface area contributed by atoms with Gasteiger partial charge in [-0.2, -0.15) is 0 Å². The zero-order valence-electron chi connectivity index (χ0n) is 14.1. The Kier molecular flexibility index (Phi) is 6.71. The van der Waals surface area contributed by atoms with Gasteiger partial charge in [-0.3, -0.25) is 4.79 Å². The normalized spacial score (nSPS) is 10.5. The number of benzene rings is 2. The van der Waals surface area contributed by atoms with Gasteiger partial charge in [0, 0.05) is 26.9 Å². The van der Waals surface area contributed by atoms with Crippen LogP contribution in [0.2, 0.25) is 0 Å². The zero-order chi connectivity index (χ0) is 18.4. The predicted molar refractivity (Wildman–Crippen MR) is 113 cm³/mol. The highest BCUT2D eigenvalue weighted by molar-refractivity contribution is 9.10. The summed E-state index contributed by atoms with van der Waals surface area (Å²) in [6.07, 6.45) is 0. The first-order valence-corrected chi connectivity index (χ1v) is 10.7. The van der Waals surface area contributed by atoms with Crippen LogP contribution < -0.4 is 10.1 Å². The first-order valence-electron chi connectivity index (χ1n) is 7.86. The van der Waals surface area contributed by atoms with E-state index in [0.29, 0.717) is 11.5 Å². The standard InChI is InChI=1S/C19H17BrN2O2S2/c1-24-17-8-2-13(3-9-17)19-22-16(11-26-19)10-25-12-18(23)21-15-6-4-14(20)5-7-15/h2-9,11H,10,12H2,1H3,(H,21,23). The smallest absolute Gasteiger partial charge is 0.234 e. The highest BCUT2D eigenvalue weighted by Crippen LogP contribution is 2.27. The maximum atomic E-state index is 12.0. The Balaban J connectivity index is 1.48. The SMILES string of the molecule is COc1ccc(-c2nc(CSCC(=O)Nc3ccc(Br)cc3)cs2)cc1. The van der Waals surface area contributed by atoms with Crippen molar-refractivity contribution in [3.63, 3.8) is 0 Å². The van der Waals surface area contributed by atoms with Crippen molar-refractivity contribution in [1.29, 1.82) is 0 Å². The van der Waals surface area contributed by atoms with Crippen molar-refractivity contribution in [1.82, 2.24) is 4.98 Å². The number of aromatic nitrogens is 1. The molecule has 0 fully saturated rings. The van der Waals surface area contributed by atoms with Gasteiger partial charge >= 0.3 is 0 Å². The summed E-state index contributed by atoms with van der Waals surface area (Å²) in [7, 11) is 1.65. The van der Waals surface area contributed by atoms with Crippen LogP contribution in [-0.4, -0.2) is 23.8 Å². The van der Waals surface area contributed by atoms with Gasteiger partial charge in [0.1, 0.15) is 10.8 Å². The topological polar surface area (TPSA) is 51.2 Å². The van der Waals surface area contributed by atoms with Crippen molar-refractivity contribution in [3.8, 4) is 16.3 Å². The number of ether oxygens (including phenoxy) is 1. The maximum absolute atomic E-state index is 12.0. The first kappa shape index (κ1) is 18.9. The van der Waals surface area contributed by atoms with Gasteiger partial charge in [0.25, 0.3) is 0 Å². The van der Waals surface area contributed by atoms with Crippen LogP contribution in [0.4, 0.5) is 5.69 Å². The molecule has 0 bridgehead atoms. The molecule has 3 aromatic rings. The molecule has 26 heavy (non-hydrogen) atoms. The quantitative estimate of drug-likeness (QED) is 0.521. The molecule has 0 aliphatic rings. The number of rotatable bonds is 7. The van der Waals surface area contributed by atoms with Crippen LogP contribution in [-0.2, 0) is 10.5 Å². The number of methoxy groups -OCH3 is 1. The third-order valence-corrected chi connectivity index (χ3v) is 5.93. The predicted octanol–water partition coefficient (Wildman–Crippen LogP) is 5.45. The van der Waals surface area contributed by atoms with Gasteiger partial charge in [-0.25, -0.2) is 4.98 Å². The third-order valence-electron chi connectivity index (χ3n) is 3.50. The minimum atomic E-state index is -0.0112. The van der Waals surface area contributed by atoms with Gasteiger partial charge in [0.15, 0.2) is 0 Å². The van der Waals surface area contributed by atoms with Crippen LogP contribution in [0.25, 0.3) is 10.6 Å². The van der Waals surface area contributed by atoms with E-state index in [9.17, 15) is 4.79 Å². The van der Waals surface area contributed by atoms with Crippen molar-refractivity contribution in [2.75, 3.05) is 18.2 Å². The number of amides is 1. The lowest BCUT2D eigenvalue weighted by atomic mass is 10.2. The van der Waals surface area contributed by atoms with Gasteiger partial charge in [-0.1, -0.05) is 15.9 Å². The Labute approximate surface area is 169 Å². The first-order chi connectivity index (χ1) is 12.6. The molecule has 0 radical (unpaired) electrons. The minimum absolute atomic E-state index is 0.0112. The fraction of sp³-hybridized carbons (Fsp3) is 0.158. The van der Waals surface area contributed by atoms with E-state index in [0.717, 1.165) is 32.2 Å². The number of thiazole rings is 1. The Morgan fingerprint density at radius 3 is 2.62 bits per heavy atom. The molecule has 0 saturated heterocycles. The molecule has 0 spiro atoms. The number of nitrogens with one attached hydrogen (secondary N) is 1. The minimum Gasteiger partial charge on any atom is -0.497 e. The number of hydrogen-bond donors (Lipinski definition) is 1. The summed E-state index contributed by atoms with van der Waals surface area (Å²) >= 11 is 6.54. The van der Waals surface area contributed by atoms with Crippen LogP contribution in [0.3, 0.4) is 0 Å². The molecular weight excluding hydrogens is 432 g/mol. The van der Waals surface area contributed by atoms with Crippen molar-refractivity contribution in [2.45, 2.75) is 5.75 Å². The highest BCUT2D eigenvalue weighted by atomic mass is 79.9. The van der Waals surface area contributed by atoms with Crippen molar-refractivity contribution in [3.05, 3.63) is 64.1 Å². The van der Waals surface area contributed by atoms with E-state index in [4.69, 9.17) is 4.74 Å². The highest BCUT2D eigenvalue weighted by Gasteiger charge is 2.07. The van der Waals surface area contributed by atoms with E-state index < -0.39 is 0 Å². The monoisotopic (exact) mass is 448 g/mol. The number of halogens is 1. The van der Waals surface area contributed by atoms with E-state index in [1.165, 1.54) is 0 Å². The largest absolute Gasteiger partial charge is 0.497 e. The van der Waals surface area contributed by atoms with Crippen molar-refractivity contribution < 1.29 is 9.53 Å². The van der Waals surface area contributed by atoms with E-state index in [2.05, 4.69) is 26.2 Å². The summed E-state index contributed by atoms with van der Waals surface area (Å²) in [6.45, 7) is 0. The molecule has 3 rings (SSSR count). The fourth-order valence-corrected chi connectivity index (χ4v) is 4.13. The van der Waals surface area contributed by atoms with Crippen LogP contribution >= 0.6 is 39.0 Å². The molecule has 134 valence electrons. The van der Waals surface area contributed by atoms with Crippen molar-refractivity contribution >= 4 is 50.6 Å². The second-order valence-electron chi connectivity index (χ2n) is 5.42. The second-order valence-corrected chi connectivity index (χ2v) is 8.18. The fourth-order valence-electron chi connectivity index (χ4n) is 2.22. The average Bonchev–Trinajstić information content (AvgIpc) is 3.12. The molecule has 0 aliphatic carbocycles. The van der Waals surface area contributed by atoms with E-state index in [1.54, 1.807) is 30.2 Å². The number of carbonyl (C=O) groups is 1. The molecule has 1 amide bonds. The number of hydrogen-bond acceptors (Lipinski definition) is 5. The summed E-state index contributed by atoms with van der Waals surface area (Å²) in [4.78, 5) is 16.6. The molecule has 7 heteroatoms. The lowest BCUT2D eigenvalue weighted by molar-refractivity contribution is -0.113. The third kappa shape index (κ3) is 5.33. The number of thioether (sulfide) groups is 1. The lowest BCUT2D eigenvalue weighted by Gasteiger charge is -2.04. The van der Waals surface area contributed by atoms with Crippen LogP contribution in [0.1, 0.15) is 5.69 Å². The van der Waals surface area contributed by atoms with E-state index >= 15 is 0 Å². The molecule has 1 N–H and O–H groups in total. The summed E-state index contributed by atoms with van der Waals surface area (Å²) in [5, 5.41) is 5.90. The lowest BCUT2D eigenvalue weighted by Crippen LogP contribution is -2.14. The molecule has 4 nitrogen and oxygen atoms in total. The molecule has 0 atom stereocenters. The summed E-state index contributed by atoms with van der Waals surface area (Å²) in [5.74, 6) is 1.92. The number of carbonyl (C=O) groups excluding carboxylic acids is 1. The van der Waals surface area contributed by atoms with Gasteiger partial charge < -0.3 is 10.1 Å². The van der Waals surface area contributed by atoms with Gasteiger partial charge in [-0.05, 0) is 48.5 Å². The van der Waals surface area contributed by atoms with Crippen LogP contribution in [0.15, 0.2) is 58.4 Å². The van der Waals surface area contributed by atoms with E-state index in [1.807, 2.05) is 53.9 Å². The zero-order valence-corrected chi connectivity index (χ0v) is 17.3. The maximum Gasteiger partial charge on any atom is 0.234 e. The Morgan fingerprint density at radius 1 is 1.19 bits per heavy atom. The van der Waals surface area contributed by atoms with Crippen molar-refractivity contribution in [2.24, 2.45) is 0 Å². The van der Waals surface area contributed by atoms with Gasteiger partial charge in [0.05, 0.1) is 18.6 Å². The van der Waals surface area contributed by atoms with Gasteiger partial charge in [0.2, 0.25) is 5.91 Å². The Hall–Kier alpha value is -1.83. The molecule has 1 heterocycles. The number of nitrogens with zero attached hydrogens (tertiary/aromatic N) is 1. The molecular formula is C19H17BrN2O2S2. The Bertz CT molecular complexity index is 864. The molecule has 1 aromatic heterocycles. The molecule has 0 unspecified atom stereocenters. The summed E-state index contributed by atoms with van der Waals surface area (Å²) < 4.78 is 6.16.